The van der Waals surface area contributed by atoms with Gasteiger partial charge in [0.1, 0.15) is 0 Å². The summed E-state index contributed by atoms with van der Waals surface area (Å²) in [4.78, 5) is 2.56. The van der Waals surface area contributed by atoms with Crippen molar-refractivity contribution in [2.24, 2.45) is 11.8 Å². The second kappa shape index (κ2) is 7.61. The van der Waals surface area contributed by atoms with E-state index in [-0.39, 0.29) is 0 Å². The van der Waals surface area contributed by atoms with E-state index >= 15 is 0 Å². The third kappa shape index (κ3) is 3.93. The number of hydrogen-bond acceptors (Lipinski definition) is 3. The van der Waals surface area contributed by atoms with Crippen LogP contribution in [0.5, 0.6) is 0 Å². The lowest BCUT2D eigenvalue weighted by Gasteiger charge is -2.37. The molecule has 1 aliphatic heterocycles. The predicted molar refractivity (Wildman–Crippen MR) is 80.3 cm³/mol. The Kier molecular flexibility index (Phi) is 6.11. The summed E-state index contributed by atoms with van der Waals surface area (Å²) in [5.41, 5.74) is 0. The van der Waals surface area contributed by atoms with Gasteiger partial charge in [0.2, 0.25) is 0 Å². The zero-order valence-electron chi connectivity index (χ0n) is 12.8. The molecule has 4 unspecified atom stereocenters. The van der Waals surface area contributed by atoms with Gasteiger partial charge in [-0.15, -0.1) is 0 Å². The van der Waals surface area contributed by atoms with Gasteiger partial charge in [-0.1, -0.05) is 26.7 Å². The van der Waals surface area contributed by atoms with Crippen LogP contribution in [0, 0.1) is 11.8 Å². The molecule has 4 atom stereocenters. The summed E-state index contributed by atoms with van der Waals surface area (Å²) >= 11 is 0. The standard InChI is InChI=1S/C16H32N2O/c1-3-9-17-15-7-5-4-6-14(15)11-18-10-8-13(2)16(18)12-19/h13-17,19H,3-12H2,1-2H3. The molecule has 1 saturated heterocycles. The summed E-state index contributed by atoms with van der Waals surface area (Å²) in [6, 6.07) is 1.12. The fraction of sp³-hybridized carbons (Fsp3) is 1.00. The van der Waals surface area contributed by atoms with Crippen LogP contribution in [0.2, 0.25) is 0 Å². The van der Waals surface area contributed by atoms with Gasteiger partial charge in [0.05, 0.1) is 6.61 Å². The van der Waals surface area contributed by atoms with Gasteiger partial charge in [0, 0.05) is 18.6 Å². The molecule has 2 rings (SSSR count). The van der Waals surface area contributed by atoms with Crippen LogP contribution in [0.3, 0.4) is 0 Å². The zero-order chi connectivity index (χ0) is 13.7. The van der Waals surface area contributed by atoms with Crippen molar-refractivity contribution in [3.8, 4) is 0 Å². The zero-order valence-corrected chi connectivity index (χ0v) is 12.8. The smallest absolute Gasteiger partial charge is 0.0589 e. The molecule has 0 bridgehead atoms. The lowest BCUT2D eigenvalue weighted by molar-refractivity contribution is 0.105. The molecule has 0 aromatic heterocycles. The highest BCUT2D eigenvalue weighted by atomic mass is 16.3. The minimum absolute atomic E-state index is 0.334. The Hall–Kier alpha value is -0.120. The van der Waals surface area contributed by atoms with Gasteiger partial charge in [-0.3, -0.25) is 4.90 Å². The maximum Gasteiger partial charge on any atom is 0.0589 e. The molecule has 1 heterocycles. The van der Waals surface area contributed by atoms with Crippen LogP contribution < -0.4 is 5.32 Å². The van der Waals surface area contributed by atoms with Gasteiger partial charge in [0.15, 0.2) is 0 Å². The SMILES string of the molecule is CCCNC1CCCCC1CN1CCC(C)C1CO. The highest BCUT2D eigenvalue weighted by Crippen LogP contribution is 2.30. The lowest BCUT2D eigenvalue weighted by atomic mass is 9.84. The van der Waals surface area contributed by atoms with E-state index in [2.05, 4.69) is 24.1 Å². The molecular formula is C16H32N2O. The Bertz CT molecular complexity index is 259. The number of rotatable bonds is 6. The van der Waals surface area contributed by atoms with Crippen molar-refractivity contribution in [3.63, 3.8) is 0 Å². The second-order valence-electron chi connectivity index (χ2n) is 6.62. The minimum atomic E-state index is 0.334. The highest BCUT2D eigenvalue weighted by Gasteiger charge is 2.34. The Morgan fingerprint density at radius 2 is 2.00 bits per heavy atom. The van der Waals surface area contributed by atoms with Crippen molar-refractivity contribution in [2.45, 2.75) is 64.5 Å². The van der Waals surface area contributed by atoms with Crippen LogP contribution in [0.15, 0.2) is 0 Å². The van der Waals surface area contributed by atoms with Crippen molar-refractivity contribution in [3.05, 3.63) is 0 Å². The fourth-order valence-corrected chi connectivity index (χ4v) is 3.94. The van der Waals surface area contributed by atoms with Crippen LogP contribution in [0.25, 0.3) is 0 Å². The van der Waals surface area contributed by atoms with Gasteiger partial charge in [0.25, 0.3) is 0 Å². The van der Waals surface area contributed by atoms with E-state index in [4.69, 9.17) is 0 Å². The second-order valence-corrected chi connectivity index (χ2v) is 6.62. The van der Waals surface area contributed by atoms with Gasteiger partial charge >= 0.3 is 0 Å². The van der Waals surface area contributed by atoms with E-state index in [0.717, 1.165) is 12.5 Å². The average molecular weight is 268 g/mol. The number of likely N-dealkylation sites (tertiary alicyclic amines) is 1. The summed E-state index contributed by atoms with van der Waals surface area (Å²) in [6.07, 6.45) is 7.97. The van der Waals surface area contributed by atoms with Crippen molar-refractivity contribution >= 4 is 0 Å². The summed E-state index contributed by atoms with van der Waals surface area (Å²) in [6.45, 7) is 8.39. The summed E-state index contributed by atoms with van der Waals surface area (Å²) in [7, 11) is 0. The molecule has 0 aromatic carbocycles. The molecule has 2 fully saturated rings. The molecule has 3 heteroatoms. The van der Waals surface area contributed by atoms with Crippen molar-refractivity contribution in [1.29, 1.82) is 0 Å². The molecule has 3 nitrogen and oxygen atoms in total. The van der Waals surface area contributed by atoms with Crippen molar-refractivity contribution < 1.29 is 5.11 Å². The molecule has 0 amide bonds. The molecule has 19 heavy (non-hydrogen) atoms. The first-order chi connectivity index (χ1) is 9.26. The van der Waals surface area contributed by atoms with Crippen LogP contribution in [0.1, 0.15) is 52.4 Å². The van der Waals surface area contributed by atoms with E-state index in [9.17, 15) is 5.11 Å². The molecule has 0 aromatic rings. The van der Waals surface area contributed by atoms with Crippen molar-refractivity contribution in [2.75, 3.05) is 26.2 Å². The number of aliphatic hydroxyl groups excluding tert-OH is 1. The average Bonchev–Trinajstić information content (AvgIpc) is 2.78. The third-order valence-electron chi connectivity index (χ3n) is 5.22. The molecule has 2 aliphatic rings. The summed E-state index contributed by atoms with van der Waals surface area (Å²) in [5.74, 6) is 1.45. The van der Waals surface area contributed by atoms with E-state index in [1.165, 1.54) is 51.6 Å². The number of nitrogens with one attached hydrogen (secondary N) is 1. The number of nitrogens with zero attached hydrogens (tertiary/aromatic N) is 1. The van der Waals surface area contributed by atoms with Crippen LogP contribution in [0.4, 0.5) is 0 Å². The molecule has 112 valence electrons. The first kappa shape index (κ1) is 15.3. The quantitative estimate of drug-likeness (QED) is 0.775. The Morgan fingerprint density at radius 1 is 1.21 bits per heavy atom. The number of hydrogen-bond donors (Lipinski definition) is 2. The first-order valence-corrected chi connectivity index (χ1v) is 8.34. The molecule has 0 spiro atoms. The predicted octanol–water partition coefficient (Wildman–Crippen LogP) is 2.25. The molecule has 1 aliphatic carbocycles. The van der Waals surface area contributed by atoms with E-state index in [1.54, 1.807) is 0 Å². The van der Waals surface area contributed by atoms with Gasteiger partial charge in [-0.25, -0.2) is 0 Å². The van der Waals surface area contributed by atoms with E-state index < -0.39 is 0 Å². The normalized spacial score (nSPS) is 36.8. The maximum atomic E-state index is 9.59. The first-order valence-electron chi connectivity index (χ1n) is 8.34. The lowest BCUT2D eigenvalue weighted by Crippen LogP contribution is -2.46. The molecule has 1 saturated carbocycles. The number of aliphatic hydroxyl groups is 1. The molecular weight excluding hydrogens is 236 g/mol. The van der Waals surface area contributed by atoms with E-state index in [1.807, 2.05) is 0 Å². The molecule has 2 N–H and O–H groups in total. The van der Waals surface area contributed by atoms with Gasteiger partial charge in [-0.2, -0.15) is 0 Å². The van der Waals surface area contributed by atoms with Crippen molar-refractivity contribution in [1.82, 2.24) is 10.2 Å². The largest absolute Gasteiger partial charge is 0.395 e. The Labute approximate surface area is 118 Å². The Balaban J connectivity index is 1.88. The summed E-state index contributed by atoms with van der Waals surface area (Å²) in [5, 5.41) is 13.3. The van der Waals surface area contributed by atoms with Crippen LogP contribution in [-0.4, -0.2) is 48.3 Å². The maximum absolute atomic E-state index is 9.59. The third-order valence-corrected chi connectivity index (χ3v) is 5.22. The fourth-order valence-electron chi connectivity index (χ4n) is 3.94. The van der Waals surface area contributed by atoms with Crippen LogP contribution in [-0.2, 0) is 0 Å². The highest BCUT2D eigenvalue weighted by molar-refractivity contribution is 4.89. The summed E-state index contributed by atoms with van der Waals surface area (Å²) < 4.78 is 0. The molecule has 0 radical (unpaired) electrons. The van der Waals surface area contributed by atoms with Gasteiger partial charge in [-0.05, 0) is 50.6 Å². The van der Waals surface area contributed by atoms with Crippen LogP contribution >= 0.6 is 0 Å². The van der Waals surface area contributed by atoms with E-state index in [0.29, 0.717) is 24.6 Å². The topological polar surface area (TPSA) is 35.5 Å². The monoisotopic (exact) mass is 268 g/mol. The minimum Gasteiger partial charge on any atom is -0.395 e. The van der Waals surface area contributed by atoms with Gasteiger partial charge < -0.3 is 10.4 Å². The Morgan fingerprint density at radius 3 is 2.74 bits per heavy atom.